The Bertz CT molecular complexity index is 179. The van der Waals surface area contributed by atoms with Crippen molar-refractivity contribution in [3.8, 4) is 0 Å². The Hall–Kier alpha value is -0.770. The summed E-state index contributed by atoms with van der Waals surface area (Å²) in [5.41, 5.74) is 0.166. The van der Waals surface area contributed by atoms with Crippen molar-refractivity contribution < 1.29 is 5.21 Å². The minimum Gasteiger partial charge on any atom is -0.410 e. The summed E-state index contributed by atoms with van der Waals surface area (Å²) in [4.78, 5) is 4.34. The third kappa shape index (κ3) is 1.88. The summed E-state index contributed by atoms with van der Waals surface area (Å²) >= 11 is 0. The molecule has 0 aromatic carbocycles. The molecule has 4 nitrogen and oxygen atoms in total. The summed E-state index contributed by atoms with van der Waals surface area (Å²) in [5.74, 6) is 0. The first-order chi connectivity index (χ1) is 5.56. The van der Waals surface area contributed by atoms with E-state index < -0.39 is 0 Å². The van der Waals surface area contributed by atoms with Gasteiger partial charge in [0, 0.05) is 25.2 Å². The Morgan fingerprint density at radius 1 is 1.42 bits per heavy atom. The molecule has 1 fully saturated rings. The average Bonchev–Trinajstić information content (AvgIpc) is 1.97. The number of nitrogens with zero attached hydrogens (tertiary/aromatic N) is 3. The van der Waals surface area contributed by atoms with Crippen LogP contribution < -0.4 is 0 Å². The predicted molar refractivity (Wildman–Crippen MR) is 48.6 cm³/mol. The van der Waals surface area contributed by atoms with Crippen LogP contribution in [0.25, 0.3) is 0 Å². The van der Waals surface area contributed by atoms with Crippen LogP contribution in [0, 0.1) is 0 Å². The zero-order valence-electron chi connectivity index (χ0n) is 7.99. The maximum Gasteiger partial charge on any atom is 0.130 e. The van der Waals surface area contributed by atoms with Crippen LogP contribution in [0.1, 0.15) is 13.8 Å². The molecule has 1 heterocycles. The molecule has 1 N–H and O–H groups in total. The van der Waals surface area contributed by atoms with Crippen molar-refractivity contribution in [2.24, 2.45) is 5.16 Å². The molecular weight excluding hydrogens is 154 g/mol. The summed E-state index contributed by atoms with van der Waals surface area (Å²) in [6.45, 7) is 7.23. The molecule has 1 saturated heterocycles. The molecule has 0 aliphatic carbocycles. The van der Waals surface area contributed by atoms with Gasteiger partial charge in [0.05, 0.1) is 0 Å². The van der Waals surface area contributed by atoms with Crippen molar-refractivity contribution in [2.45, 2.75) is 19.4 Å². The van der Waals surface area contributed by atoms with Gasteiger partial charge in [-0.25, -0.2) is 0 Å². The molecule has 4 heteroatoms. The molecule has 0 spiro atoms. The van der Waals surface area contributed by atoms with Crippen LogP contribution in [0.3, 0.4) is 0 Å². The van der Waals surface area contributed by atoms with E-state index in [1.807, 2.05) is 4.90 Å². The van der Waals surface area contributed by atoms with E-state index >= 15 is 0 Å². The number of hydrogen-bond acceptors (Lipinski definition) is 3. The highest BCUT2D eigenvalue weighted by atomic mass is 16.4. The Kier molecular flexibility index (Phi) is 2.57. The van der Waals surface area contributed by atoms with Crippen molar-refractivity contribution in [1.82, 2.24) is 9.80 Å². The fraction of sp³-hybridized carbons (Fsp3) is 0.875. The molecule has 1 aliphatic heterocycles. The largest absolute Gasteiger partial charge is 0.410 e. The van der Waals surface area contributed by atoms with Gasteiger partial charge in [-0.15, -0.1) is 0 Å². The highest BCUT2D eigenvalue weighted by Crippen LogP contribution is 2.17. The Balaban J connectivity index is 2.56. The Labute approximate surface area is 73.5 Å². The standard InChI is InChI=1S/C8H17N3O/c1-8(2)6-11(7-9-12)5-4-10(8)3/h7,12H,4-6H2,1-3H3. The van der Waals surface area contributed by atoms with Gasteiger partial charge in [-0.05, 0) is 20.9 Å². The summed E-state index contributed by atoms with van der Waals surface area (Å²) in [6.07, 6.45) is 1.49. The van der Waals surface area contributed by atoms with Crippen LogP contribution >= 0.6 is 0 Å². The lowest BCUT2D eigenvalue weighted by atomic mass is 10.0. The first kappa shape index (κ1) is 9.32. The first-order valence-electron chi connectivity index (χ1n) is 4.19. The second-order valence-corrected chi connectivity index (χ2v) is 3.94. The van der Waals surface area contributed by atoms with Crippen molar-refractivity contribution in [2.75, 3.05) is 26.7 Å². The summed E-state index contributed by atoms with van der Waals surface area (Å²) < 4.78 is 0. The van der Waals surface area contributed by atoms with E-state index in [0.29, 0.717) is 0 Å². The molecule has 0 atom stereocenters. The number of rotatable bonds is 1. The van der Waals surface area contributed by atoms with Crippen LogP contribution in [0.5, 0.6) is 0 Å². The molecule has 0 amide bonds. The van der Waals surface area contributed by atoms with E-state index in [2.05, 4.69) is 31.0 Å². The third-order valence-electron chi connectivity index (χ3n) is 2.56. The summed E-state index contributed by atoms with van der Waals surface area (Å²) in [5, 5.41) is 11.4. The highest BCUT2D eigenvalue weighted by Gasteiger charge is 2.29. The van der Waals surface area contributed by atoms with Crippen molar-refractivity contribution in [3.05, 3.63) is 0 Å². The number of piperazine rings is 1. The average molecular weight is 171 g/mol. The maximum atomic E-state index is 8.37. The van der Waals surface area contributed by atoms with E-state index in [1.54, 1.807) is 0 Å². The van der Waals surface area contributed by atoms with Crippen LogP contribution in [-0.2, 0) is 0 Å². The monoisotopic (exact) mass is 171 g/mol. The molecule has 1 rings (SSSR count). The normalized spacial score (nSPS) is 25.1. The highest BCUT2D eigenvalue weighted by molar-refractivity contribution is 5.54. The molecule has 1 aliphatic rings. The second kappa shape index (κ2) is 3.31. The minimum atomic E-state index is 0.166. The zero-order chi connectivity index (χ0) is 9.19. The fourth-order valence-electron chi connectivity index (χ4n) is 1.45. The predicted octanol–water partition coefficient (Wildman–Crippen LogP) is 0.430. The van der Waals surface area contributed by atoms with Gasteiger partial charge in [0.25, 0.3) is 0 Å². The van der Waals surface area contributed by atoms with Crippen molar-refractivity contribution >= 4 is 6.34 Å². The van der Waals surface area contributed by atoms with Gasteiger partial charge in [-0.3, -0.25) is 4.90 Å². The van der Waals surface area contributed by atoms with E-state index in [9.17, 15) is 0 Å². The fourth-order valence-corrected chi connectivity index (χ4v) is 1.45. The Morgan fingerprint density at radius 3 is 2.58 bits per heavy atom. The minimum absolute atomic E-state index is 0.166. The van der Waals surface area contributed by atoms with Crippen LogP contribution in [0.4, 0.5) is 0 Å². The topological polar surface area (TPSA) is 39.1 Å². The first-order valence-corrected chi connectivity index (χ1v) is 4.19. The lowest BCUT2D eigenvalue weighted by Crippen LogP contribution is -2.57. The van der Waals surface area contributed by atoms with Gasteiger partial charge < -0.3 is 10.1 Å². The lowest BCUT2D eigenvalue weighted by Gasteiger charge is -2.44. The van der Waals surface area contributed by atoms with Crippen LogP contribution in [-0.4, -0.2) is 53.6 Å². The third-order valence-corrected chi connectivity index (χ3v) is 2.56. The molecule has 0 aromatic rings. The second-order valence-electron chi connectivity index (χ2n) is 3.94. The van der Waals surface area contributed by atoms with Gasteiger partial charge in [0.15, 0.2) is 0 Å². The van der Waals surface area contributed by atoms with Crippen LogP contribution in [0.15, 0.2) is 5.16 Å². The summed E-state index contributed by atoms with van der Waals surface area (Å²) in [7, 11) is 2.12. The number of likely N-dealkylation sites (N-methyl/N-ethyl adjacent to an activating group) is 1. The van der Waals surface area contributed by atoms with Gasteiger partial charge >= 0.3 is 0 Å². The van der Waals surface area contributed by atoms with E-state index in [1.165, 1.54) is 6.34 Å². The van der Waals surface area contributed by atoms with Gasteiger partial charge in [0.2, 0.25) is 0 Å². The molecule has 70 valence electrons. The van der Waals surface area contributed by atoms with Crippen molar-refractivity contribution in [3.63, 3.8) is 0 Å². The quantitative estimate of drug-likeness (QED) is 0.269. The van der Waals surface area contributed by atoms with E-state index in [4.69, 9.17) is 5.21 Å². The molecule has 0 radical (unpaired) electrons. The summed E-state index contributed by atoms with van der Waals surface area (Å²) in [6, 6.07) is 0. The lowest BCUT2D eigenvalue weighted by molar-refractivity contribution is 0.0753. The van der Waals surface area contributed by atoms with Gasteiger partial charge in [-0.1, -0.05) is 5.16 Å². The van der Waals surface area contributed by atoms with E-state index in [0.717, 1.165) is 19.6 Å². The molecule has 0 unspecified atom stereocenters. The number of hydrogen-bond donors (Lipinski definition) is 1. The molecule has 0 bridgehead atoms. The molecule has 0 aromatic heterocycles. The molecular formula is C8H17N3O. The SMILES string of the molecule is CN1CCN(C=NO)CC1(C)C. The zero-order valence-corrected chi connectivity index (χ0v) is 7.99. The Morgan fingerprint density at radius 2 is 2.08 bits per heavy atom. The smallest absolute Gasteiger partial charge is 0.130 e. The van der Waals surface area contributed by atoms with Gasteiger partial charge in [0.1, 0.15) is 6.34 Å². The van der Waals surface area contributed by atoms with Crippen LogP contribution in [0.2, 0.25) is 0 Å². The number of oxime groups is 1. The molecule has 12 heavy (non-hydrogen) atoms. The van der Waals surface area contributed by atoms with E-state index in [-0.39, 0.29) is 5.54 Å². The van der Waals surface area contributed by atoms with Crippen molar-refractivity contribution in [1.29, 1.82) is 0 Å². The maximum absolute atomic E-state index is 8.37. The molecule has 0 saturated carbocycles. The van der Waals surface area contributed by atoms with Gasteiger partial charge in [-0.2, -0.15) is 0 Å².